The molecule has 0 spiro atoms. The van der Waals surface area contributed by atoms with Gasteiger partial charge < -0.3 is 9.84 Å². The first kappa shape index (κ1) is 19.3. The molecule has 0 radical (unpaired) electrons. The van der Waals surface area contributed by atoms with Gasteiger partial charge in [0.25, 0.3) is 5.91 Å². The Balaban J connectivity index is 1.86. The third kappa shape index (κ3) is 3.29. The van der Waals surface area contributed by atoms with Gasteiger partial charge in [-0.2, -0.15) is 0 Å². The fourth-order valence-corrected chi connectivity index (χ4v) is 3.27. The summed E-state index contributed by atoms with van der Waals surface area (Å²) in [6.07, 6.45) is 3.02. The number of rotatable bonds is 4. The number of phenolic OH excluding ortho intramolecular Hbond substituents is 1. The number of carbonyl (C=O) groups excluding carboxylic acids is 1. The Morgan fingerprint density at radius 1 is 1.07 bits per heavy atom. The van der Waals surface area contributed by atoms with E-state index in [2.05, 4.69) is 9.97 Å². The minimum Gasteiger partial charge on any atom is -0.505 e. The number of nitrogens with one attached hydrogen (secondary N) is 1. The van der Waals surface area contributed by atoms with Crippen LogP contribution in [0.4, 0.5) is 4.39 Å². The van der Waals surface area contributed by atoms with Crippen LogP contribution in [0, 0.1) is 5.82 Å². The van der Waals surface area contributed by atoms with E-state index in [4.69, 9.17) is 4.74 Å². The van der Waals surface area contributed by atoms with Crippen molar-refractivity contribution < 1.29 is 24.2 Å². The lowest BCUT2D eigenvalue weighted by Gasteiger charge is -2.15. The number of halogens is 1. The number of methoxy groups -OCH3 is 1. The van der Waals surface area contributed by atoms with Gasteiger partial charge in [0.2, 0.25) is 0 Å². The Morgan fingerprint density at radius 2 is 1.77 bits per heavy atom. The van der Waals surface area contributed by atoms with E-state index in [0.717, 1.165) is 5.56 Å². The zero-order valence-corrected chi connectivity index (χ0v) is 15.8. The van der Waals surface area contributed by atoms with E-state index in [1.54, 1.807) is 48.1 Å². The molecule has 8 heteroatoms. The molecule has 1 amide bonds. The lowest BCUT2D eigenvalue weighted by Crippen LogP contribution is -2.20. The van der Waals surface area contributed by atoms with Crippen LogP contribution in [-0.4, -0.2) is 33.3 Å². The average Bonchev–Trinajstić information content (AvgIpc) is 2.79. The van der Waals surface area contributed by atoms with Gasteiger partial charge in [0.1, 0.15) is 5.69 Å². The van der Waals surface area contributed by atoms with E-state index in [1.165, 1.54) is 25.4 Å². The van der Waals surface area contributed by atoms with Gasteiger partial charge in [-0.05, 0) is 29.3 Å². The molecule has 4 aromatic rings. The van der Waals surface area contributed by atoms with Crippen LogP contribution in [0.5, 0.6) is 11.5 Å². The minimum absolute atomic E-state index is 0.109. The van der Waals surface area contributed by atoms with Crippen LogP contribution >= 0.6 is 0 Å². The van der Waals surface area contributed by atoms with Gasteiger partial charge in [-0.15, -0.1) is 0 Å². The second kappa shape index (κ2) is 7.76. The first-order valence-corrected chi connectivity index (χ1v) is 8.89. The SMILES string of the molecule is COc1c(-c2ccc(-c3ccc(O)c(F)c3)cc2)nc2ccncc2c1C(=O)NO. The van der Waals surface area contributed by atoms with Crippen LogP contribution in [-0.2, 0) is 0 Å². The second-order valence-corrected chi connectivity index (χ2v) is 6.45. The van der Waals surface area contributed by atoms with Crippen LogP contribution in [0.1, 0.15) is 10.4 Å². The predicted molar refractivity (Wildman–Crippen MR) is 108 cm³/mol. The van der Waals surface area contributed by atoms with Crippen molar-refractivity contribution in [2.24, 2.45) is 0 Å². The molecule has 0 bridgehead atoms. The molecule has 0 aliphatic rings. The molecule has 4 rings (SSSR count). The number of amides is 1. The van der Waals surface area contributed by atoms with E-state index in [1.807, 2.05) is 0 Å². The highest BCUT2D eigenvalue weighted by atomic mass is 19.1. The maximum Gasteiger partial charge on any atom is 0.279 e. The number of aromatic hydroxyl groups is 1. The molecule has 30 heavy (non-hydrogen) atoms. The minimum atomic E-state index is -0.746. The molecular formula is C22H16FN3O4. The highest BCUT2D eigenvalue weighted by molar-refractivity contribution is 6.09. The summed E-state index contributed by atoms with van der Waals surface area (Å²) < 4.78 is 19.1. The van der Waals surface area contributed by atoms with Crippen molar-refractivity contribution in [2.75, 3.05) is 7.11 Å². The van der Waals surface area contributed by atoms with E-state index in [0.29, 0.717) is 27.7 Å². The van der Waals surface area contributed by atoms with Crippen molar-refractivity contribution in [3.05, 3.63) is 72.3 Å². The Morgan fingerprint density at radius 3 is 2.43 bits per heavy atom. The number of pyridine rings is 2. The summed E-state index contributed by atoms with van der Waals surface area (Å²) in [7, 11) is 1.41. The van der Waals surface area contributed by atoms with Crippen molar-refractivity contribution in [1.29, 1.82) is 0 Å². The van der Waals surface area contributed by atoms with Gasteiger partial charge in [-0.3, -0.25) is 15.0 Å². The summed E-state index contributed by atoms with van der Waals surface area (Å²) in [4.78, 5) is 21.0. The Labute approximate surface area is 170 Å². The summed E-state index contributed by atoms with van der Waals surface area (Å²) in [6, 6.07) is 12.9. The molecule has 0 saturated carbocycles. The number of hydrogen-bond acceptors (Lipinski definition) is 6. The van der Waals surface area contributed by atoms with E-state index in [9.17, 15) is 19.5 Å². The van der Waals surface area contributed by atoms with Gasteiger partial charge in [0.15, 0.2) is 17.3 Å². The predicted octanol–water partition coefficient (Wildman–Crippen LogP) is 3.94. The van der Waals surface area contributed by atoms with E-state index < -0.39 is 17.5 Å². The molecule has 2 aromatic carbocycles. The van der Waals surface area contributed by atoms with Crippen LogP contribution in [0.3, 0.4) is 0 Å². The van der Waals surface area contributed by atoms with Crippen LogP contribution in [0.15, 0.2) is 60.9 Å². The molecule has 2 heterocycles. The van der Waals surface area contributed by atoms with Gasteiger partial charge in [0, 0.05) is 23.3 Å². The molecule has 0 aliphatic heterocycles. The number of hydrogen-bond donors (Lipinski definition) is 3. The molecule has 0 saturated heterocycles. The summed E-state index contributed by atoms with van der Waals surface area (Å²) in [5.41, 5.74) is 4.63. The van der Waals surface area contributed by atoms with Crippen LogP contribution in [0.2, 0.25) is 0 Å². The first-order chi connectivity index (χ1) is 14.5. The molecule has 0 fully saturated rings. The van der Waals surface area contributed by atoms with Crippen molar-refractivity contribution in [3.63, 3.8) is 0 Å². The van der Waals surface area contributed by atoms with Crippen molar-refractivity contribution in [3.8, 4) is 33.9 Å². The lowest BCUT2D eigenvalue weighted by molar-refractivity contribution is 0.0705. The van der Waals surface area contributed by atoms with Crippen molar-refractivity contribution in [1.82, 2.24) is 15.4 Å². The highest BCUT2D eigenvalue weighted by Crippen LogP contribution is 2.36. The molecule has 0 aliphatic carbocycles. The molecule has 150 valence electrons. The number of phenols is 1. The first-order valence-electron chi connectivity index (χ1n) is 8.89. The quantitative estimate of drug-likeness (QED) is 0.351. The lowest BCUT2D eigenvalue weighted by atomic mass is 9.99. The Bertz CT molecular complexity index is 1260. The molecule has 0 atom stereocenters. The van der Waals surface area contributed by atoms with Gasteiger partial charge >= 0.3 is 0 Å². The third-order valence-corrected chi connectivity index (χ3v) is 4.71. The number of nitrogens with zero attached hydrogens (tertiary/aromatic N) is 2. The number of benzene rings is 2. The van der Waals surface area contributed by atoms with Crippen molar-refractivity contribution in [2.45, 2.75) is 0 Å². The fourth-order valence-electron chi connectivity index (χ4n) is 3.27. The normalized spacial score (nSPS) is 10.8. The molecule has 7 nitrogen and oxygen atoms in total. The van der Waals surface area contributed by atoms with Gasteiger partial charge in [0.05, 0.1) is 18.2 Å². The van der Waals surface area contributed by atoms with E-state index >= 15 is 0 Å². The topological polar surface area (TPSA) is 105 Å². The summed E-state index contributed by atoms with van der Waals surface area (Å²) >= 11 is 0. The molecule has 3 N–H and O–H groups in total. The van der Waals surface area contributed by atoms with Crippen LogP contribution in [0.25, 0.3) is 33.3 Å². The maximum atomic E-state index is 13.7. The fraction of sp³-hybridized carbons (Fsp3) is 0.0455. The molecular weight excluding hydrogens is 389 g/mol. The summed E-state index contributed by atoms with van der Waals surface area (Å²) in [5, 5.41) is 19.0. The largest absolute Gasteiger partial charge is 0.505 e. The van der Waals surface area contributed by atoms with Gasteiger partial charge in [-0.1, -0.05) is 30.3 Å². The average molecular weight is 405 g/mol. The number of hydroxylamine groups is 1. The third-order valence-electron chi connectivity index (χ3n) is 4.71. The summed E-state index contributed by atoms with van der Waals surface area (Å²) in [6.45, 7) is 0. The molecule has 2 aromatic heterocycles. The zero-order chi connectivity index (χ0) is 21.3. The molecule has 0 unspecified atom stereocenters. The standard InChI is InChI=1S/C22H16FN3O4/c1-30-21-19(22(28)26-29)15-11-24-9-8-17(15)25-20(21)13-4-2-12(3-5-13)14-6-7-18(27)16(23)10-14/h2-11,27,29H,1H3,(H,26,28). The van der Waals surface area contributed by atoms with Crippen LogP contribution < -0.4 is 10.2 Å². The van der Waals surface area contributed by atoms with Crippen molar-refractivity contribution >= 4 is 16.8 Å². The smallest absolute Gasteiger partial charge is 0.279 e. The zero-order valence-electron chi connectivity index (χ0n) is 15.8. The van der Waals surface area contributed by atoms with Gasteiger partial charge in [-0.25, -0.2) is 14.9 Å². The number of ether oxygens (including phenoxy) is 1. The summed E-state index contributed by atoms with van der Waals surface area (Å²) in [5.74, 6) is -1.68. The monoisotopic (exact) mass is 405 g/mol. The number of fused-ring (bicyclic) bond motifs is 1. The Hall–Kier alpha value is -4.04. The van der Waals surface area contributed by atoms with E-state index in [-0.39, 0.29) is 11.3 Å². The number of aromatic nitrogens is 2. The second-order valence-electron chi connectivity index (χ2n) is 6.45. The highest BCUT2D eigenvalue weighted by Gasteiger charge is 2.22. The maximum absolute atomic E-state index is 13.7. The number of carbonyl (C=O) groups is 1. The Kier molecular flexibility index (Phi) is 4.99.